The molecule has 0 aliphatic rings. The Balaban J connectivity index is 3.30. The third kappa shape index (κ3) is 50.0. The van der Waals surface area contributed by atoms with E-state index in [9.17, 15) is 15.0 Å². The lowest BCUT2D eigenvalue weighted by Crippen LogP contribution is -2.45. The molecular formula is C57H113NO3. The van der Waals surface area contributed by atoms with Crippen LogP contribution in [0.15, 0.2) is 12.2 Å². The molecule has 4 heteroatoms. The highest BCUT2D eigenvalue weighted by atomic mass is 16.3. The quantitative estimate of drug-likeness (QED) is 0.0421. The van der Waals surface area contributed by atoms with Crippen LogP contribution in [0, 0.1) is 0 Å². The van der Waals surface area contributed by atoms with Crippen LogP contribution in [0.4, 0.5) is 0 Å². The summed E-state index contributed by atoms with van der Waals surface area (Å²) in [6.45, 7) is 4.37. The van der Waals surface area contributed by atoms with Crippen LogP contribution < -0.4 is 5.32 Å². The molecule has 0 rings (SSSR count). The lowest BCUT2D eigenvalue weighted by Gasteiger charge is -2.22. The second kappa shape index (κ2) is 53.5. The predicted molar refractivity (Wildman–Crippen MR) is 272 cm³/mol. The summed E-state index contributed by atoms with van der Waals surface area (Å²) in [6.07, 6.45) is 69.5. The van der Waals surface area contributed by atoms with E-state index in [2.05, 4.69) is 31.3 Å². The molecule has 2 unspecified atom stereocenters. The van der Waals surface area contributed by atoms with Gasteiger partial charge < -0.3 is 15.5 Å². The molecule has 0 aliphatic heterocycles. The number of nitrogens with one attached hydrogen (secondary N) is 1. The average molecular weight is 861 g/mol. The lowest BCUT2D eigenvalue weighted by molar-refractivity contribution is -0.123. The Morgan fingerprint density at radius 2 is 0.623 bits per heavy atom. The van der Waals surface area contributed by atoms with Crippen molar-refractivity contribution in [3.8, 4) is 0 Å². The van der Waals surface area contributed by atoms with Gasteiger partial charge in [-0.05, 0) is 38.5 Å². The van der Waals surface area contributed by atoms with Gasteiger partial charge >= 0.3 is 0 Å². The highest BCUT2D eigenvalue weighted by Gasteiger charge is 2.20. The first-order valence-corrected chi connectivity index (χ1v) is 28.4. The van der Waals surface area contributed by atoms with Gasteiger partial charge in [0, 0.05) is 6.42 Å². The van der Waals surface area contributed by atoms with E-state index in [-0.39, 0.29) is 12.5 Å². The molecular weight excluding hydrogens is 747 g/mol. The first kappa shape index (κ1) is 60.1. The Bertz CT molecular complexity index is 844. The lowest BCUT2D eigenvalue weighted by atomic mass is 10.0. The molecule has 61 heavy (non-hydrogen) atoms. The Kier molecular flexibility index (Phi) is 52.7. The zero-order valence-electron chi connectivity index (χ0n) is 42.0. The fourth-order valence-electron chi connectivity index (χ4n) is 9.18. The van der Waals surface area contributed by atoms with Crippen LogP contribution in [0.2, 0.25) is 0 Å². The van der Waals surface area contributed by atoms with E-state index in [4.69, 9.17) is 0 Å². The molecule has 0 heterocycles. The van der Waals surface area contributed by atoms with Gasteiger partial charge in [0.1, 0.15) is 0 Å². The minimum Gasteiger partial charge on any atom is -0.394 e. The van der Waals surface area contributed by atoms with Crippen LogP contribution in [0.25, 0.3) is 0 Å². The Labute approximate surface area is 384 Å². The van der Waals surface area contributed by atoms with Gasteiger partial charge in [-0.1, -0.05) is 296 Å². The molecule has 0 spiro atoms. The van der Waals surface area contributed by atoms with Crippen LogP contribution in [0.3, 0.4) is 0 Å². The van der Waals surface area contributed by atoms with Gasteiger partial charge in [0.15, 0.2) is 0 Å². The number of rotatable bonds is 53. The standard InChI is InChI=1S/C57H113NO3/c1-3-5-7-9-11-13-15-16-17-18-19-20-21-22-23-24-25-26-27-28-29-30-31-32-33-34-35-36-37-38-39-40-41-42-43-45-47-49-51-53-57(61)58-55(54-59)56(60)52-50-48-46-44-14-12-10-8-6-4-2/h18-19,55-56,59-60H,3-17,20-54H2,1-2H3,(H,58,61)/b19-18-. The topological polar surface area (TPSA) is 69.6 Å². The summed E-state index contributed by atoms with van der Waals surface area (Å²) in [5.74, 6) is -0.0263. The van der Waals surface area contributed by atoms with Crippen LogP contribution in [-0.2, 0) is 4.79 Å². The molecule has 0 bridgehead atoms. The second-order valence-electron chi connectivity index (χ2n) is 19.7. The van der Waals surface area contributed by atoms with Gasteiger partial charge in [0.25, 0.3) is 0 Å². The summed E-state index contributed by atoms with van der Waals surface area (Å²) in [6, 6.07) is -0.530. The molecule has 0 aromatic carbocycles. The maximum absolute atomic E-state index is 12.4. The van der Waals surface area contributed by atoms with Crippen LogP contribution in [0.1, 0.15) is 328 Å². The molecule has 0 saturated heterocycles. The molecule has 0 radical (unpaired) electrons. The monoisotopic (exact) mass is 860 g/mol. The molecule has 364 valence electrons. The molecule has 0 aliphatic carbocycles. The van der Waals surface area contributed by atoms with Crippen LogP contribution >= 0.6 is 0 Å². The van der Waals surface area contributed by atoms with Crippen molar-refractivity contribution in [1.29, 1.82) is 0 Å². The number of allylic oxidation sites excluding steroid dienone is 2. The van der Waals surface area contributed by atoms with E-state index < -0.39 is 12.1 Å². The smallest absolute Gasteiger partial charge is 0.220 e. The third-order valence-corrected chi connectivity index (χ3v) is 13.5. The fraction of sp³-hybridized carbons (Fsp3) is 0.947. The van der Waals surface area contributed by atoms with Gasteiger partial charge in [-0.15, -0.1) is 0 Å². The molecule has 0 aromatic heterocycles. The number of aliphatic hydroxyl groups is 2. The van der Waals surface area contributed by atoms with Gasteiger partial charge in [0.05, 0.1) is 18.8 Å². The summed E-state index contributed by atoms with van der Waals surface area (Å²) in [5.41, 5.74) is 0. The van der Waals surface area contributed by atoms with Crippen molar-refractivity contribution in [3.63, 3.8) is 0 Å². The SMILES string of the molecule is CCCCCCCCCC/C=C\CCCCCCCCCCCCCCCCCCCCCCCCCCCCCC(=O)NC(CO)C(O)CCCCCCCCCCCC. The largest absolute Gasteiger partial charge is 0.394 e. The Morgan fingerprint density at radius 3 is 0.902 bits per heavy atom. The van der Waals surface area contributed by atoms with Crippen molar-refractivity contribution in [2.45, 2.75) is 341 Å². The zero-order valence-corrected chi connectivity index (χ0v) is 42.0. The van der Waals surface area contributed by atoms with Crippen molar-refractivity contribution in [2.24, 2.45) is 0 Å². The molecule has 4 nitrogen and oxygen atoms in total. The second-order valence-corrected chi connectivity index (χ2v) is 19.7. The highest BCUT2D eigenvalue weighted by molar-refractivity contribution is 5.76. The highest BCUT2D eigenvalue weighted by Crippen LogP contribution is 2.18. The molecule has 0 aromatic rings. The molecule has 0 fully saturated rings. The number of carbonyl (C=O) groups is 1. The summed E-state index contributed by atoms with van der Waals surface area (Å²) in [4.78, 5) is 12.4. The number of unbranched alkanes of at least 4 members (excludes halogenated alkanes) is 44. The number of aliphatic hydroxyl groups excluding tert-OH is 2. The van der Waals surface area contributed by atoms with E-state index in [1.54, 1.807) is 0 Å². The normalized spacial score (nSPS) is 12.8. The van der Waals surface area contributed by atoms with Crippen molar-refractivity contribution in [1.82, 2.24) is 5.32 Å². The van der Waals surface area contributed by atoms with Crippen LogP contribution in [-0.4, -0.2) is 34.9 Å². The molecule has 2 atom stereocenters. The van der Waals surface area contributed by atoms with Crippen molar-refractivity contribution in [3.05, 3.63) is 12.2 Å². The van der Waals surface area contributed by atoms with E-state index in [0.717, 1.165) is 25.7 Å². The number of carbonyl (C=O) groups excluding carboxylic acids is 1. The van der Waals surface area contributed by atoms with E-state index >= 15 is 0 Å². The zero-order chi connectivity index (χ0) is 44.2. The minimum absolute atomic E-state index is 0.0263. The van der Waals surface area contributed by atoms with Crippen molar-refractivity contribution in [2.75, 3.05) is 6.61 Å². The minimum atomic E-state index is -0.653. The third-order valence-electron chi connectivity index (χ3n) is 13.5. The summed E-state index contributed by atoms with van der Waals surface area (Å²) >= 11 is 0. The average Bonchev–Trinajstić information content (AvgIpc) is 3.26. The predicted octanol–water partition coefficient (Wildman–Crippen LogP) is 18.5. The number of hydrogen-bond acceptors (Lipinski definition) is 3. The molecule has 1 amide bonds. The summed E-state index contributed by atoms with van der Waals surface area (Å²) in [7, 11) is 0. The summed E-state index contributed by atoms with van der Waals surface area (Å²) < 4.78 is 0. The van der Waals surface area contributed by atoms with E-state index in [0.29, 0.717) is 12.8 Å². The Morgan fingerprint density at radius 1 is 0.377 bits per heavy atom. The molecule has 0 saturated carbocycles. The van der Waals surface area contributed by atoms with Gasteiger partial charge in [-0.2, -0.15) is 0 Å². The first-order chi connectivity index (χ1) is 30.2. The number of hydrogen-bond donors (Lipinski definition) is 3. The van der Waals surface area contributed by atoms with Gasteiger partial charge in [0.2, 0.25) is 5.91 Å². The Hall–Kier alpha value is -0.870. The van der Waals surface area contributed by atoms with Gasteiger partial charge in [-0.3, -0.25) is 4.79 Å². The fourth-order valence-corrected chi connectivity index (χ4v) is 9.18. The van der Waals surface area contributed by atoms with Crippen molar-refractivity contribution >= 4 is 5.91 Å². The van der Waals surface area contributed by atoms with Gasteiger partial charge in [-0.25, -0.2) is 0 Å². The molecule has 3 N–H and O–H groups in total. The maximum Gasteiger partial charge on any atom is 0.220 e. The number of amides is 1. The van der Waals surface area contributed by atoms with Crippen LogP contribution in [0.5, 0.6) is 0 Å². The summed E-state index contributed by atoms with van der Waals surface area (Å²) in [5, 5.41) is 23.1. The van der Waals surface area contributed by atoms with Crippen molar-refractivity contribution < 1.29 is 15.0 Å². The van der Waals surface area contributed by atoms with E-state index in [1.807, 2.05) is 0 Å². The maximum atomic E-state index is 12.4. The first-order valence-electron chi connectivity index (χ1n) is 28.4. The van der Waals surface area contributed by atoms with E-state index in [1.165, 1.54) is 276 Å².